The molecule has 0 N–H and O–H groups in total. The van der Waals surface area contributed by atoms with Crippen molar-refractivity contribution in [2.45, 2.75) is 50.5 Å². The van der Waals surface area contributed by atoms with E-state index >= 15 is 0 Å². The quantitative estimate of drug-likeness (QED) is 0.709. The predicted molar refractivity (Wildman–Crippen MR) is 68.4 cm³/mol. The fourth-order valence-electron chi connectivity index (χ4n) is 1.90. The van der Waals surface area contributed by atoms with Gasteiger partial charge in [0.2, 0.25) is 0 Å². The van der Waals surface area contributed by atoms with E-state index in [-0.39, 0.29) is 0 Å². The van der Waals surface area contributed by atoms with Crippen LogP contribution in [0.25, 0.3) is 0 Å². The normalized spacial score (nSPS) is 25.9. The Morgan fingerprint density at radius 2 is 1.94 bits per heavy atom. The first kappa shape index (κ1) is 11.8. The molecule has 0 saturated heterocycles. The molecular weight excluding hydrogens is 220 g/mol. The molecule has 1 saturated carbocycles. The summed E-state index contributed by atoms with van der Waals surface area (Å²) in [5.41, 5.74) is 1.39. The highest BCUT2D eigenvalue weighted by atomic mass is 35.5. The van der Waals surface area contributed by atoms with E-state index in [2.05, 4.69) is 38.1 Å². The van der Waals surface area contributed by atoms with Gasteiger partial charge in [0.15, 0.2) is 0 Å². The smallest absolute Gasteiger partial charge is 0.119 e. The molecule has 0 heterocycles. The van der Waals surface area contributed by atoms with Crippen molar-refractivity contribution in [1.29, 1.82) is 0 Å². The van der Waals surface area contributed by atoms with Crippen LogP contribution in [-0.2, 0) is 0 Å². The molecule has 1 aliphatic carbocycles. The molecule has 0 aromatic heterocycles. The summed E-state index contributed by atoms with van der Waals surface area (Å²) >= 11 is 5.92. The van der Waals surface area contributed by atoms with Crippen LogP contribution in [-0.4, -0.2) is 11.5 Å². The summed E-state index contributed by atoms with van der Waals surface area (Å²) in [6.07, 6.45) is 3.47. The first-order valence-electron chi connectivity index (χ1n) is 6.09. The van der Waals surface area contributed by atoms with Gasteiger partial charge in [0.1, 0.15) is 11.9 Å². The molecule has 1 aromatic carbocycles. The number of hydrogen-bond acceptors (Lipinski definition) is 1. The number of ether oxygens (including phenoxy) is 1. The monoisotopic (exact) mass is 238 g/mol. The van der Waals surface area contributed by atoms with Crippen LogP contribution in [0, 0.1) is 0 Å². The summed E-state index contributed by atoms with van der Waals surface area (Å²) in [6, 6.07) is 8.48. The molecule has 1 aliphatic rings. The number of halogens is 1. The molecule has 0 amide bonds. The van der Waals surface area contributed by atoms with Gasteiger partial charge in [-0.05, 0) is 30.0 Å². The molecule has 1 fully saturated rings. The topological polar surface area (TPSA) is 9.23 Å². The highest BCUT2D eigenvalue weighted by Gasteiger charge is 2.28. The van der Waals surface area contributed by atoms with Crippen LogP contribution in [0.3, 0.4) is 0 Å². The van der Waals surface area contributed by atoms with Gasteiger partial charge in [0, 0.05) is 18.2 Å². The maximum atomic E-state index is 5.92. The Morgan fingerprint density at radius 1 is 1.31 bits per heavy atom. The largest absolute Gasteiger partial charge is 0.490 e. The molecule has 0 aliphatic heterocycles. The summed E-state index contributed by atoms with van der Waals surface area (Å²) < 4.78 is 5.80. The molecule has 88 valence electrons. The van der Waals surface area contributed by atoms with Gasteiger partial charge in [-0.25, -0.2) is 0 Å². The molecule has 1 nitrogen and oxygen atoms in total. The maximum absolute atomic E-state index is 5.92. The fraction of sp³-hybridized carbons (Fsp3) is 0.571. The third kappa shape index (κ3) is 2.70. The first-order valence-corrected chi connectivity index (χ1v) is 6.53. The number of hydrogen-bond donors (Lipinski definition) is 0. The lowest BCUT2D eigenvalue weighted by Gasteiger charge is -2.31. The molecule has 1 atom stereocenters. The van der Waals surface area contributed by atoms with Crippen LogP contribution in [0.4, 0.5) is 0 Å². The van der Waals surface area contributed by atoms with Gasteiger partial charge in [0.05, 0.1) is 0 Å². The van der Waals surface area contributed by atoms with Crippen LogP contribution >= 0.6 is 11.6 Å². The molecule has 16 heavy (non-hydrogen) atoms. The van der Waals surface area contributed by atoms with Crippen LogP contribution in [0.15, 0.2) is 24.3 Å². The van der Waals surface area contributed by atoms with Crippen molar-refractivity contribution >= 4 is 11.6 Å². The minimum atomic E-state index is 0.324. The minimum Gasteiger partial charge on any atom is -0.490 e. The highest BCUT2D eigenvalue weighted by Crippen LogP contribution is 2.30. The molecule has 0 spiro atoms. The second kappa shape index (κ2) is 5.09. The van der Waals surface area contributed by atoms with E-state index in [0.29, 0.717) is 17.4 Å². The Morgan fingerprint density at radius 3 is 2.44 bits per heavy atom. The Bertz CT molecular complexity index is 327. The van der Waals surface area contributed by atoms with E-state index in [1.807, 2.05) is 0 Å². The third-order valence-corrected chi connectivity index (χ3v) is 3.76. The number of benzene rings is 1. The van der Waals surface area contributed by atoms with Gasteiger partial charge in [0.25, 0.3) is 0 Å². The molecule has 1 aromatic rings. The predicted octanol–water partition coefficient (Wildman–Crippen LogP) is 4.35. The Labute approximate surface area is 103 Å². The molecule has 2 rings (SSSR count). The van der Waals surface area contributed by atoms with Crippen molar-refractivity contribution in [2.75, 3.05) is 0 Å². The first-order chi connectivity index (χ1) is 7.69. The number of alkyl halides is 1. The lowest BCUT2D eigenvalue weighted by molar-refractivity contribution is 0.124. The third-order valence-electron chi connectivity index (χ3n) is 3.40. The molecule has 1 unspecified atom stereocenters. The highest BCUT2D eigenvalue weighted by molar-refractivity contribution is 6.21. The lowest BCUT2D eigenvalue weighted by atomic mass is 9.95. The average molecular weight is 239 g/mol. The van der Waals surface area contributed by atoms with E-state index in [9.17, 15) is 0 Å². The van der Waals surface area contributed by atoms with Crippen molar-refractivity contribution in [3.05, 3.63) is 29.8 Å². The van der Waals surface area contributed by atoms with Crippen molar-refractivity contribution in [1.82, 2.24) is 0 Å². The van der Waals surface area contributed by atoms with E-state index in [0.717, 1.165) is 18.6 Å². The van der Waals surface area contributed by atoms with Gasteiger partial charge >= 0.3 is 0 Å². The SMILES string of the molecule is CCC(C)c1ccc(OC2CC(Cl)C2)cc1. The zero-order valence-electron chi connectivity index (χ0n) is 9.95. The fourth-order valence-corrected chi connectivity index (χ4v) is 2.30. The Kier molecular flexibility index (Phi) is 3.75. The van der Waals surface area contributed by atoms with Gasteiger partial charge in [-0.1, -0.05) is 26.0 Å². The van der Waals surface area contributed by atoms with Crippen LogP contribution < -0.4 is 4.74 Å². The second-order valence-corrected chi connectivity index (χ2v) is 5.30. The van der Waals surface area contributed by atoms with Gasteiger partial charge in [-0.2, -0.15) is 0 Å². The summed E-state index contributed by atoms with van der Waals surface area (Å²) in [7, 11) is 0. The van der Waals surface area contributed by atoms with E-state index < -0.39 is 0 Å². The summed E-state index contributed by atoms with van der Waals surface area (Å²) in [5, 5.41) is 0.324. The van der Waals surface area contributed by atoms with Crippen molar-refractivity contribution in [2.24, 2.45) is 0 Å². The summed E-state index contributed by atoms with van der Waals surface area (Å²) in [6.45, 7) is 4.46. The van der Waals surface area contributed by atoms with Crippen LogP contribution in [0.5, 0.6) is 5.75 Å². The second-order valence-electron chi connectivity index (χ2n) is 4.69. The molecule has 0 bridgehead atoms. The van der Waals surface area contributed by atoms with Crippen LogP contribution in [0.1, 0.15) is 44.6 Å². The van der Waals surface area contributed by atoms with Crippen molar-refractivity contribution < 1.29 is 4.74 Å². The molecular formula is C14H19ClO. The van der Waals surface area contributed by atoms with Gasteiger partial charge in [-0.15, -0.1) is 11.6 Å². The zero-order valence-corrected chi connectivity index (χ0v) is 10.7. The van der Waals surface area contributed by atoms with E-state index in [1.54, 1.807) is 0 Å². The Hall–Kier alpha value is -0.690. The van der Waals surface area contributed by atoms with Crippen molar-refractivity contribution in [3.8, 4) is 5.75 Å². The van der Waals surface area contributed by atoms with E-state index in [1.165, 1.54) is 12.0 Å². The molecule has 0 radical (unpaired) electrons. The summed E-state index contributed by atoms with van der Waals surface area (Å²) in [5.74, 6) is 1.60. The van der Waals surface area contributed by atoms with Gasteiger partial charge in [-0.3, -0.25) is 0 Å². The zero-order chi connectivity index (χ0) is 11.5. The van der Waals surface area contributed by atoms with E-state index in [4.69, 9.17) is 16.3 Å². The van der Waals surface area contributed by atoms with Crippen LogP contribution in [0.2, 0.25) is 0 Å². The van der Waals surface area contributed by atoms with Crippen molar-refractivity contribution in [3.63, 3.8) is 0 Å². The number of rotatable bonds is 4. The van der Waals surface area contributed by atoms with Gasteiger partial charge < -0.3 is 4.74 Å². The molecule has 2 heteroatoms. The average Bonchev–Trinajstić information content (AvgIpc) is 2.27. The minimum absolute atomic E-state index is 0.324. The maximum Gasteiger partial charge on any atom is 0.119 e. The summed E-state index contributed by atoms with van der Waals surface area (Å²) in [4.78, 5) is 0. The lowest BCUT2D eigenvalue weighted by Crippen LogP contribution is -2.34. The standard InChI is InChI=1S/C14H19ClO/c1-3-10(2)11-4-6-13(7-5-11)16-14-8-12(15)9-14/h4-7,10,12,14H,3,8-9H2,1-2H3. The Balaban J connectivity index is 1.92.